The van der Waals surface area contributed by atoms with Crippen molar-refractivity contribution in [2.45, 2.75) is 3.42 Å². The fourth-order valence-electron chi connectivity index (χ4n) is 5.85. The Hall–Kier alpha value is 0.200. The Labute approximate surface area is 82.8 Å². The fraction of sp³-hybridized carbons (Fsp3) is 0.889. The SMILES string of the molecule is O=C(O)C12C3C4C5C3C1(I)C5C42. The van der Waals surface area contributed by atoms with Crippen LogP contribution in [0.5, 0.6) is 0 Å². The average Bonchev–Trinajstić information content (AvgIpc) is 2.03. The lowest BCUT2D eigenvalue weighted by molar-refractivity contribution is -0.572. The van der Waals surface area contributed by atoms with Gasteiger partial charge in [-0.2, -0.15) is 0 Å². The lowest BCUT2D eigenvalue weighted by atomic mass is 8.96. The molecule has 0 radical (unpaired) electrons. The first-order valence-electron chi connectivity index (χ1n) is 4.60. The van der Waals surface area contributed by atoms with E-state index in [1.54, 1.807) is 0 Å². The van der Waals surface area contributed by atoms with E-state index in [1.165, 1.54) is 0 Å². The van der Waals surface area contributed by atoms with Crippen molar-refractivity contribution in [3.05, 3.63) is 0 Å². The van der Waals surface area contributed by atoms with E-state index in [1.807, 2.05) is 0 Å². The van der Waals surface area contributed by atoms with Crippen molar-refractivity contribution in [2.24, 2.45) is 40.9 Å². The second kappa shape index (κ2) is 1.06. The first-order valence-corrected chi connectivity index (χ1v) is 5.68. The van der Waals surface area contributed by atoms with Crippen LogP contribution < -0.4 is 0 Å². The highest BCUT2D eigenvalue weighted by Crippen LogP contribution is 3.09. The zero-order valence-corrected chi connectivity index (χ0v) is 8.36. The van der Waals surface area contributed by atoms with Gasteiger partial charge in [-0.1, -0.05) is 22.6 Å². The van der Waals surface area contributed by atoms with Gasteiger partial charge >= 0.3 is 5.97 Å². The van der Waals surface area contributed by atoms with Crippen LogP contribution in [0.4, 0.5) is 0 Å². The smallest absolute Gasteiger partial charge is 0.311 e. The summed E-state index contributed by atoms with van der Waals surface area (Å²) in [5, 5.41) is 9.23. The summed E-state index contributed by atoms with van der Waals surface area (Å²) in [6.07, 6.45) is 0. The minimum absolute atomic E-state index is 0.192. The summed E-state index contributed by atoms with van der Waals surface area (Å²) in [6.45, 7) is 0. The van der Waals surface area contributed by atoms with E-state index in [9.17, 15) is 9.90 Å². The van der Waals surface area contributed by atoms with E-state index in [0.29, 0.717) is 11.8 Å². The van der Waals surface area contributed by atoms with Gasteiger partial charge < -0.3 is 5.11 Å². The summed E-state index contributed by atoms with van der Waals surface area (Å²) in [5.41, 5.74) is -0.192. The molecule has 12 heavy (non-hydrogen) atoms. The van der Waals surface area contributed by atoms with Gasteiger partial charge in [-0.3, -0.25) is 4.79 Å². The first-order chi connectivity index (χ1) is 5.68. The zero-order chi connectivity index (χ0) is 8.04. The zero-order valence-electron chi connectivity index (χ0n) is 6.20. The van der Waals surface area contributed by atoms with E-state index in [2.05, 4.69) is 22.6 Å². The third kappa shape index (κ3) is 0.191. The molecule has 0 bridgehead atoms. The van der Waals surface area contributed by atoms with E-state index in [4.69, 9.17) is 0 Å². The van der Waals surface area contributed by atoms with Crippen molar-refractivity contribution in [3.63, 3.8) is 0 Å². The van der Waals surface area contributed by atoms with Gasteiger partial charge in [-0.25, -0.2) is 0 Å². The van der Waals surface area contributed by atoms with Crippen LogP contribution in [0.2, 0.25) is 0 Å². The Morgan fingerprint density at radius 2 is 1.67 bits per heavy atom. The predicted octanol–water partition coefficient (Wildman–Crippen LogP) is 0.996. The van der Waals surface area contributed by atoms with Crippen molar-refractivity contribution in [1.29, 1.82) is 0 Å². The highest BCUT2D eigenvalue weighted by Gasteiger charge is 3.12. The van der Waals surface area contributed by atoms with E-state index in [0.717, 1.165) is 23.7 Å². The van der Waals surface area contributed by atoms with Gasteiger partial charge in [-0.05, 0) is 35.5 Å². The van der Waals surface area contributed by atoms with Crippen molar-refractivity contribution >= 4 is 28.6 Å². The van der Waals surface area contributed by atoms with Crippen molar-refractivity contribution in [3.8, 4) is 0 Å². The summed E-state index contributed by atoms with van der Waals surface area (Å²) in [7, 11) is 0. The van der Waals surface area contributed by atoms with Gasteiger partial charge in [-0.15, -0.1) is 0 Å². The first kappa shape index (κ1) is 5.83. The van der Waals surface area contributed by atoms with Crippen LogP contribution in [0.15, 0.2) is 0 Å². The maximum absolute atomic E-state index is 11.2. The Morgan fingerprint density at radius 1 is 1.17 bits per heavy atom. The van der Waals surface area contributed by atoms with Crippen LogP contribution in [-0.4, -0.2) is 14.5 Å². The minimum Gasteiger partial charge on any atom is -0.481 e. The maximum Gasteiger partial charge on any atom is 0.311 e. The highest BCUT2D eigenvalue weighted by molar-refractivity contribution is 14.1. The third-order valence-electron chi connectivity index (χ3n) is 5.89. The molecule has 6 rings (SSSR count). The Balaban J connectivity index is 1.80. The van der Waals surface area contributed by atoms with Crippen LogP contribution in [0.25, 0.3) is 0 Å². The predicted molar refractivity (Wildman–Crippen MR) is 47.8 cm³/mol. The van der Waals surface area contributed by atoms with Crippen LogP contribution in [0, 0.1) is 40.9 Å². The molecule has 62 valence electrons. The number of hydrogen-bond donors (Lipinski definition) is 1. The molecule has 0 saturated heterocycles. The standard InChI is InChI=1S/C9H7IO2/c10-9-5-2-1-3(5)8(9,7(11)12)4(1)6(2)9/h1-6H,(H,11,12). The summed E-state index contributed by atoms with van der Waals surface area (Å²) in [6, 6.07) is 0. The van der Waals surface area contributed by atoms with Gasteiger partial charge in [0, 0.05) is 3.42 Å². The van der Waals surface area contributed by atoms with Crippen LogP contribution in [-0.2, 0) is 4.79 Å². The molecular weight excluding hydrogens is 267 g/mol. The van der Waals surface area contributed by atoms with E-state index >= 15 is 0 Å². The molecule has 0 spiro atoms. The molecule has 1 N–H and O–H groups in total. The number of aliphatic carboxylic acids is 1. The molecule has 0 heterocycles. The van der Waals surface area contributed by atoms with Gasteiger partial charge in [0.05, 0.1) is 5.41 Å². The number of alkyl halides is 1. The number of carbonyl (C=O) groups is 1. The maximum atomic E-state index is 11.2. The van der Waals surface area contributed by atoms with Crippen LogP contribution in [0.1, 0.15) is 0 Å². The molecule has 6 fully saturated rings. The molecule has 2 nitrogen and oxygen atoms in total. The summed E-state index contributed by atoms with van der Waals surface area (Å²) < 4.78 is 0.255. The number of rotatable bonds is 1. The molecule has 6 saturated carbocycles. The fourth-order valence-corrected chi connectivity index (χ4v) is 8.41. The Bertz CT molecular complexity index is 357. The van der Waals surface area contributed by atoms with E-state index < -0.39 is 5.97 Å². The molecule has 4 atom stereocenters. The van der Waals surface area contributed by atoms with Gasteiger partial charge in [0.15, 0.2) is 0 Å². The van der Waals surface area contributed by atoms with Crippen LogP contribution >= 0.6 is 22.6 Å². The largest absolute Gasteiger partial charge is 0.481 e. The minimum atomic E-state index is -0.478. The quantitative estimate of drug-likeness (QED) is 0.572. The van der Waals surface area contributed by atoms with Crippen molar-refractivity contribution in [2.75, 3.05) is 0 Å². The summed E-state index contributed by atoms with van der Waals surface area (Å²) in [5.74, 6) is 4.35. The van der Waals surface area contributed by atoms with Gasteiger partial charge in [0.2, 0.25) is 0 Å². The topological polar surface area (TPSA) is 37.3 Å². The number of carboxylic acid groups (broad SMARTS) is 1. The molecule has 4 unspecified atom stereocenters. The summed E-state index contributed by atoms with van der Waals surface area (Å²) in [4.78, 5) is 11.2. The third-order valence-corrected chi connectivity index (χ3v) is 8.22. The van der Waals surface area contributed by atoms with Gasteiger partial charge in [0.25, 0.3) is 0 Å². The lowest BCUT2D eigenvalue weighted by Crippen LogP contribution is -3.12. The van der Waals surface area contributed by atoms with Crippen LogP contribution in [0.3, 0.4) is 0 Å². The molecule has 0 aromatic heterocycles. The lowest BCUT2D eigenvalue weighted by Gasteiger charge is -3.09. The molecule has 0 aromatic carbocycles. The molecule has 0 aromatic rings. The van der Waals surface area contributed by atoms with Crippen molar-refractivity contribution in [1.82, 2.24) is 0 Å². The van der Waals surface area contributed by atoms with E-state index in [-0.39, 0.29) is 8.84 Å². The highest BCUT2D eigenvalue weighted by atomic mass is 127. The molecule has 0 amide bonds. The molecular formula is C9H7IO2. The Morgan fingerprint density at radius 3 is 2.00 bits per heavy atom. The number of halogens is 1. The monoisotopic (exact) mass is 274 g/mol. The number of hydrogen-bond acceptors (Lipinski definition) is 1. The molecule has 6 aliphatic rings. The molecule has 3 heteroatoms. The Kier molecular flexibility index (Phi) is 0.514. The average molecular weight is 274 g/mol. The second-order valence-electron chi connectivity index (χ2n) is 5.20. The molecule has 6 aliphatic carbocycles. The van der Waals surface area contributed by atoms with Gasteiger partial charge in [0.1, 0.15) is 0 Å². The second-order valence-corrected chi connectivity index (χ2v) is 6.99. The number of carboxylic acids is 1. The summed E-state index contributed by atoms with van der Waals surface area (Å²) >= 11 is 2.47. The normalized spacial score (nSPS) is 88.1. The van der Waals surface area contributed by atoms with Crippen molar-refractivity contribution < 1.29 is 9.90 Å². The molecule has 0 aliphatic heterocycles.